The van der Waals surface area contributed by atoms with Gasteiger partial charge in [-0.25, -0.2) is 0 Å². The van der Waals surface area contributed by atoms with Gasteiger partial charge >= 0.3 is 17.9 Å². The summed E-state index contributed by atoms with van der Waals surface area (Å²) in [5.74, 6) is -0.862. The molecule has 0 aromatic heterocycles. The van der Waals surface area contributed by atoms with E-state index in [1.807, 2.05) is 0 Å². The molecule has 0 aromatic carbocycles. The highest BCUT2D eigenvalue weighted by molar-refractivity contribution is 5.71. The molecule has 0 rings (SSSR count). The van der Waals surface area contributed by atoms with Crippen LogP contribution in [-0.4, -0.2) is 37.2 Å². The summed E-state index contributed by atoms with van der Waals surface area (Å²) >= 11 is 0. The smallest absolute Gasteiger partial charge is 0.306 e. The van der Waals surface area contributed by atoms with Crippen LogP contribution < -0.4 is 0 Å². The molecule has 0 N–H and O–H groups in total. The van der Waals surface area contributed by atoms with Crippen molar-refractivity contribution in [3.8, 4) is 0 Å². The van der Waals surface area contributed by atoms with Crippen LogP contribution in [0, 0.1) is 0 Å². The molecular formula is C76H136O6. The minimum absolute atomic E-state index is 0.0742. The van der Waals surface area contributed by atoms with E-state index in [0.717, 1.165) is 89.9 Å². The molecule has 476 valence electrons. The fourth-order valence-corrected chi connectivity index (χ4v) is 10.5. The topological polar surface area (TPSA) is 78.9 Å². The molecule has 0 bridgehead atoms. The predicted octanol–water partition coefficient (Wildman–Crippen LogP) is 24.8. The van der Waals surface area contributed by atoms with Crippen molar-refractivity contribution in [2.24, 2.45) is 0 Å². The summed E-state index contributed by atoms with van der Waals surface area (Å²) in [7, 11) is 0. The van der Waals surface area contributed by atoms with Crippen molar-refractivity contribution in [1.82, 2.24) is 0 Å². The predicted molar refractivity (Wildman–Crippen MR) is 358 cm³/mol. The molecular weight excluding hydrogens is 1010 g/mol. The van der Waals surface area contributed by atoms with E-state index in [-0.39, 0.29) is 31.1 Å². The van der Waals surface area contributed by atoms with Gasteiger partial charge in [0.05, 0.1) is 0 Å². The molecule has 0 radical (unpaired) electrons. The molecule has 0 saturated heterocycles. The molecule has 6 heteroatoms. The minimum atomic E-state index is -0.779. The van der Waals surface area contributed by atoms with Crippen molar-refractivity contribution < 1.29 is 28.6 Å². The first-order valence-corrected chi connectivity index (χ1v) is 35.9. The molecule has 6 nitrogen and oxygen atoms in total. The second-order valence-electron chi connectivity index (χ2n) is 24.1. The maximum Gasteiger partial charge on any atom is 0.306 e. The van der Waals surface area contributed by atoms with E-state index < -0.39 is 6.10 Å². The number of rotatable bonds is 66. The van der Waals surface area contributed by atoms with Crippen LogP contribution in [0.25, 0.3) is 0 Å². The second kappa shape index (κ2) is 70.3. The molecule has 1 unspecified atom stereocenters. The molecule has 0 aromatic rings. The highest BCUT2D eigenvalue weighted by atomic mass is 16.6. The zero-order valence-corrected chi connectivity index (χ0v) is 54.8. The van der Waals surface area contributed by atoms with Crippen LogP contribution in [0.2, 0.25) is 0 Å². The molecule has 0 aliphatic rings. The van der Waals surface area contributed by atoms with Gasteiger partial charge in [0, 0.05) is 19.3 Å². The van der Waals surface area contributed by atoms with E-state index in [0.29, 0.717) is 19.3 Å². The van der Waals surface area contributed by atoms with E-state index in [1.54, 1.807) is 0 Å². The molecule has 0 spiro atoms. The van der Waals surface area contributed by atoms with E-state index in [1.165, 1.54) is 244 Å². The van der Waals surface area contributed by atoms with Gasteiger partial charge in [-0.15, -0.1) is 0 Å². The molecule has 0 fully saturated rings. The van der Waals surface area contributed by atoms with Gasteiger partial charge in [-0.3, -0.25) is 14.4 Å². The normalized spacial score (nSPS) is 12.5. The summed E-state index contributed by atoms with van der Waals surface area (Å²) in [6, 6.07) is 0. The maximum absolute atomic E-state index is 12.9. The summed E-state index contributed by atoms with van der Waals surface area (Å²) in [5, 5.41) is 0. The van der Waals surface area contributed by atoms with Gasteiger partial charge in [0.2, 0.25) is 0 Å². The van der Waals surface area contributed by atoms with Gasteiger partial charge < -0.3 is 14.2 Å². The van der Waals surface area contributed by atoms with Crippen LogP contribution in [0.5, 0.6) is 0 Å². The molecule has 0 aliphatic heterocycles. The number of unbranched alkanes of at least 4 members (excludes halogenated alkanes) is 43. The van der Waals surface area contributed by atoms with Crippen LogP contribution in [0.4, 0.5) is 0 Å². The zero-order valence-electron chi connectivity index (χ0n) is 54.8. The SMILES string of the molecule is CC/C=C\C/C=C\C/C=C\C/C=C\CCCCCCCCCCCCCCCCCCCCC(=O)OCC(COC(=O)CCCCCCC/C=C\CCCCCCC)OC(=O)CCCCCCCCCCC/C=C\CCCCCCCC. The Bertz CT molecular complexity index is 1500. The number of hydrogen-bond donors (Lipinski definition) is 0. The lowest BCUT2D eigenvalue weighted by Crippen LogP contribution is -2.30. The van der Waals surface area contributed by atoms with Crippen LogP contribution >= 0.6 is 0 Å². The lowest BCUT2D eigenvalue weighted by Gasteiger charge is -2.18. The summed E-state index contributed by atoms with van der Waals surface area (Å²) in [4.78, 5) is 38.4. The number of esters is 3. The molecule has 82 heavy (non-hydrogen) atoms. The molecule has 1 atom stereocenters. The van der Waals surface area contributed by atoms with Crippen molar-refractivity contribution in [2.75, 3.05) is 13.2 Å². The summed E-state index contributed by atoms with van der Waals surface area (Å²) in [5.41, 5.74) is 0. The summed E-state index contributed by atoms with van der Waals surface area (Å²) in [6.45, 7) is 6.56. The van der Waals surface area contributed by atoms with Gasteiger partial charge in [-0.05, 0) is 109 Å². The van der Waals surface area contributed by atoms with E-state index in [2.05, 4.69) is 93.7 Å². The van der Waals surface area contributed by atoms with Crippen molar-refractivity contribution in [3.05, 3.63) is 72.9 Å². The van der Waals surface area contributed by atoms with Crippen LogP contribution in [-0.2, 0) is 28.6 Å². The van der Waals surface area contributed by atoms with E-state index in [4.69, 9.17) is 14.2 Å². The number of ether oxygens (including phenoxy) is 3. The Morgan fingerprint density at radius 3 is 0.756 bits per heavy atom. The number of carbonyl (C=O) groups is 3. The Morgan fingerprint density at radius 1 is 0.256 bits per heavy atom. The minimum Gasteiger partial charge on any atom is -0.462 e. The third-order valence-corrected chi connectivity index (χ3v) is 15.9. The fourth-order valence-electron chi connectivity index (χ4n) is 10.5. The Kier molecular flexibility index (Phi) is 67.6. The van der Waals surface area contributed by atoms with Gasteiger partial charge in [-0.2, -0.15) is 0 Å². The molecule has 0 amide bonds. The average molecular weight is 1150 g/mol. The maximum atomic E-state index is 12.9. The van der Waals surface area contributed by atoms with Crippen molar-refractivity contribution >= 4 is 17.9 Å². The lowest BCUT2D eigenvalue weighted by atomic mass is 10.0. The van der Waals surface area contributed by atoms with Gasteiger partial charge in [0.25, 0.3) is 0 Å². The van der Waals surface area contributed by atoms with E-state index >= 15 is 0 Å². The highest BCUT2D eigenvalue weighted by Gasteiger charge is 2.19. The van der Waals surface area contributed by atoms with Crippen LogP contribution in [0.1, 0.15) is 374 Å². The standard InChI is InChI=1S/C76H136O6/c1-4-7-10-13-16-19-22-25-28-30-32-33-34-35-36-37-38-39-40-41-42-43-45-46-48-51-54-57-60-63-66-69-75(78)81-72-73(71-80-74(77)68-65-62-59-56-53-50-27-24-21-18-15-12-9-6-3)82-76(79)70-67-64-61-58-55-52-49-47-44-31-29-26-23-20-17-14-11-8-5-2/h7,10,16,19,24-29,32-33,73H,4-6,8-9,11-15,17-18,20-23,30-31,34-72H2,1-3H3/b10-7-,19-16-,27-24-,28-25-,29-26-,33-32-. The van der Waals surface area contributed by atoms with Crippen molar-refractivity contribution in [2.45, 2.75) is 380 Å². The Labute approximate surface area is 510 Å². The Morgan fingerprint density at radius 2 is 0.476 bits per heavy atom. The Balaban J connectivity index is 4.20. The first-order valence-electron chi connectivity index (χ1n) is 35.9. The monoisotopic (exact) mass is 1150 g/mol. The second-order valence-corrected chi connectivity index (χ2v) is 24.1. The first-order chi connectivity index (χ1) is 40.5. The summed E-state index contributed by atoms with van der Waals surface area (Å²) in [6.07, 6.45) is 92.2. The zero-order chi connectivity index (χ0) is 59.2. The van der Waals surface area contributed by atoms with Crippen molar-refractivity contribution in [1.29, 1.82) is 0 Å². The highest BCUT2D eigenvalue weighted by Crippen LogP contribution is 2.18. The lowest BCUT2D eigenvalue weighted by molar-refractivity contribution is -0.167. The number of allylic oxidation sites excluding steroid dienone is 12. The third-order valence-electron chi connectivity index (χ3n) is 15.9. The largest absolute Gasteiger partial charge is 0.462 e. The van der Waals surface area contributed by atoms with Gasteiger partial charge in [-0.1, -0.05) is 318 Å². The van der Waals surface area contributed by atoms with Gasteiger partial charge in [0.15, 0.2) is 6.10 Å². The number of carbonyl (C=O) groups excluding carboxylic acids is 3. The molecule has 0 saturated carbocycles. The quantitative estimate of drug-likeness (QED) is 0.0261. The van der Waals surface area contributed by atoms with Crippen LogP contribution in [0.3, 0.4) is 0 Å². The van der Waals surface area contributed by atoms with Gasteiger partial charge in [0.1, 0.15) is 13.2 Å². The van der Waals surface area contributed by atoms with Crippen LogP contribution in [0.15, 0.2) is 72.9 Å². The Hall–Kier alpha value is -3.15. The first kappa shape index (κ1) is 78.8. The fraction of sp³-hybridized carbons (Fsp3) is 0.803. The average Bonchev–Trinajstić information content (AvgIpc) is 3.47. The molecule has 0 aliphatic carbocycles. The molecule has 0 heterocycles. The third kappa shape index (κ3) is 67.6. The van der Waals surface area contributed by atoms with E-state index in [9.17, 15) is 14.4 Å². The number of hydrogen-bond acceptors (Lipinski definition) is 6. The summed E-state index contributed by atoms with van der Waals surface area (Å²) < 4.78 is 17.0. The van der Waals surface area contributed by atoms with Crippen molar-refractivity contribution in [3.63, 3.8) is 0 Å².